The van der Waals surface area contributed by atoms with Crippen molar-refractivity contribution in [3.8, 4) is 0 Å². The van der Waals surface area contributed by atoms with Gasteiger partial charge < -0.3 is 9.47 Å². The van der Waals surface area contributed by atoms with Gasteiger partial charge in [0.05, 0.1) is 19.3 Å². The highest BCUT2D eigenvalue weighted by atomic mass is 16.5. The summed E-state index contributed by atoms with van der Waals surface area (Å²) in [5, 5.41) is 0. The van der Waals surface area contributed by atoms with E-state index in [0.29, 0.717) is 13.2 Å². The summed E-state index contributed by atoms with van der Waals surface area (Å²) in [6.45, 7) is 4.82. The average Bonchev–Trinajstić information content (AvgIpc) is 2.26. The Morgan fingerprint density at radius 3 is 2.64 bits per heavy atom. The highest BCUT2D eigenvalue weighted by Gasteiger charge is 2.01. The van der Waals surface area contributed by atoms with E-state index in [1.54, 1.807) is 13.2 Å². The molecule has 0 saturated carbocycles. The smallest absolute Gasteiger partial charge is 0.0983 e. The SMILES string of the molecule is C=C[C@H](COCc1ccccc1)OC. The van der Waals surface area contributed by atoms with Crippen molar-refractivity contribution in [1.29, 1.82) is 0 Å². The molecule has 1 atom stereocenters. The largest absolute Gasteiger partial charge is 0.375 e. The van der Waals surface area contributed by atoms with Crippen LogP contribution < -0.4 is 0 Å². The molecule has 0 fully saturated rings. The molecule has 0 saturated heterocycles. The molecule has 2 nitrogen and oxygen atoms in total. The van der Waals surface area contributed by atoms with Gasteiger partial charge in [0.25, 0.3) is 0 Å². The standard InChI is InChI=1S/C12H16O2/c1-3-12(13-2)10-14-9-11-7-5-4-6-8-11/h3-8,12H,1,9-10H2,2H3/t12-/m1/s1. The predicted molar refractivity (Wildman–Crippen MR) is 57.1 cm³/mol. The van der Waals surface area contributed by atoms with Gasteiger partial charge in [0.15, 0.2) is 0 Å². The van der Waals surface area contributed by atoms with Crippen LogP contribution in [0.5, 0.6) is 0 Å². The highest BCUT2D eigenvalue weighted by molar-refractivity contribution is 5.13. The summed E-state index contributed by atoms with van der Waals surface area (Å²) in [6.07, 6.45) is 1.73. The molecule has 0 aliphatic carbocycles. The molecule has 0 N–H and O–H groups in total. The lowest BCUT2D eigenvalue weighted by Crippen LogP contribution is -2.14. The first-order chi connectivity index (χ1) is 6.86. The van der Waals surface area contributed by atoms with E-state index in [4.69, 9.17) is 9.47 Å². The molecule has 0 amide bonds. The van der Waals surface area contributed by atoms with E-state index < -0.39 is 0 Å². The van der Waals surface area contributed by atoms with Gasteiger partial charge in [0.1, 0.15) is 0 Å². The average molecular weight is 192 g/mol. The predicted octanol–water partition coefficient (Wildman–Crippen LogP) is 2.40. The van der Waals surface area contributed by atoms with Gasteiger partial charge in [0, 0.05) is 7.11 Å². The lowest BCUT2D eigenvalue weighted by molar-refractivity contribution is 0.0259. The molecular formula is C12H16O2. The third-order valence-corrected chi connectivity index (χ3v) is 1.96. The van der Waals surface area contributed by atoms with Gasteiger partial charge in [-0.2, -0.15) is 0 Å². The van der Waals surface area contributed by atoms with Gasteiger partial charge in [-0.15, -0.1) is 6.58 Å². The van der Waals surface area contributed by atoms with Crippen molar-refractivity contribution in [2.24, 2.45) is 0 Å². The van der Waals surface area contributed by atoms with E-state index >= 15 is 0 Å². The number of rotatable bonds is 6. The zero-order chi connectivity index (χ0) is 10.2. The summed E-state index contributed by atoms with van der Waals surface area (Å²) in [6, 6.07) is 10.1. The topological polar surface area (TPSA) is 18.5 Å². The fourth-order valence-electron chi connectivity index (χ4n) is 1.10. The van der Waals surface area contributed by atoms with E-state index in [-0.39, 0.29) is 6.10 Å². The van der Waals surface area contributed by atoms with E-state index in [9.17, 15) is 0 Å². The van der Waals surface area contributed by atoms with Crippen LogP contribution in [0.15, 0.2) is 43.0 Å². The molecule has 0 spiro atoms. The number of hydrogen-bond donors (Lipinski definition) is 0. The van der Waals surface area contributed by atoms with Crippen LogP contribution in [0, 0.1) is 0 Å². The Kier molecular flexibility index (Phi) is 4.97. The van der Waals surface area contributed by atoms with E-state index in [1.807, 2.05) is 30.3 Å². The van der Waals surface area contributed by atoms with Crippen molar-refractivity contribution < 1.29 is 9.47 Å². The third kappa shape index (κ3) is 3.73. The van der Waals surface area contributed by atoms with E-state index in [1.165, 1.54) is 5.56 Å². The van der Waals surface area contributed by atoms with Crippen molar-refractivity contribution in [2.75, 3.05) is 13.7 Å². The number of ether oxygens (including phenoxy) is 2. The maximum atomic E-state index is 5.47. The Morgan fingerprint density at radius 1 is 1.36 bits per heavy atom. The van der Waals surface area contributed by atoms with E-state index in [0.717, 1.165) is 0 Å². The zero-order valence-electron chi connectivity index (χ0n) is 8.48. The van der Waals surface area contributed by atoms with Crippen LogP contribution in [0.25, 0.3) is 0 Å². The van der Waals surface area contributed by atoms with Crippen LogP contribution in [0.4, 0.5) is 0 Å². The fraction of sp³-hybridized carbons (Fsp3) is 0.333. The first-order valence-electron chi connectivity index (χ1n) is 4.64. The first kappa shape index (κ1) is 11.0. The van der Waals surface area contributed by atoms with Crippen molar-refractivity contribution in [1.82, 2.24) is 0 Å². The molecule has 2 heteroatoms. The van der Waals surface area contributed by atoms with Gasteiger partial charge in [-0.05, 0) is 5.56 Å². The Hall–Kier alpha value is -1.12. The molecule has 76 valence electrons. The fourth-order valence-corrected chi connectivity index (χ4v) is 1.10. The second-order valence-electron chi connectivity index (χ2n) is 3.01. The van der Waals surface area contributed by atoms with Crippen LogP contribution in [-0.4, -0.2) is 19.8 Å². The summed E-state index contributed by atoms with van der Waals surface area (Å²) >= 11 is 0. The van der Waals surface area contributed by atoms with Crippen molar-refractivity contribution in [3.63, 3.8) is 0 Å². The molecule has 0 heterocycles. The molecule has 0 aliphatic rings. The monoisotopic (exact) mass is 192 g/mol. The molecule has 1 rings (SSSR count). The van der Waals surface area contributed by atoms with Crippen LogP contribution in [0.1, 0.15) is 5.56 Å². The van der Waals surface area contributed by atoms with Gasteiger partial charge in [-0.25, -0.2) is 0 Å². The second-order valence-corrected chi connectivity index (χ2v) is 3.01. The summed E-state index contributed by atoms with van der Waals surface area (Å²) in [7, 11) is 1.65. The van der Waals surface area contributed by atoms with Crippen LogP contribution >= 0.6 is 0 Å². The molecule has 0 bridgehead atoms. The molecule has 1 aromatic rings. The van der Waals surface area contributed by atoms with Crippen LogP contribution in [0.2, 0.25) is 0 Å². The van der Waals surface area contributed by atoms with Crippen molar-refractivity contribution >= 4 is 0 Å². The molecule has 0 unspecified atom stereocenters. The highest BCUT2D eigenvalue weighted by Crippen LogP contribution is 2.01. The minimum Gasteiger partial charge on any atom is -0.375 e. The summed E-state index contributed by atoms with van der Waals surface area (Å²) in [5.41, 5.74) is 1.17. The van der Waals surface area contributed by atoms with Crippen LogP contribution in [-0.2, 0) is 16.1 Å². The molecule has 1 aromatic carbocycles. The molecular weight excluding hydrogens is 176 g/mol. The van der Waals surface area contributed by atoms with Gasteiger partial charge in [-0.3, -0.25) is 0 Å². The summed E-state index contributed by atoms with van der Waals surface area (Å²) < 4.78 is 10.6. The Bertz CT molecular complexity index is 256. The van der Waals surface area contributed by atoms with Gasteiger partial charge in [-0.1, -0.05) is 36.4 Å². The quantitative estimate of drug-likeness (QED) is 0.644. The van der Waals surface area contributed by atoms with Crippen molar-refractivity contribution in [3.05, 3.63) is 48.6 Å². The summed E-state index contributed by atoms with van der Waals surface area (Å²) in [4.78, 5) is 0. The van der Waals surface area contributed by atoms with Crippen molar-refractivity contribution in [2.45, 2.75) is 12.7 Å². The molecule has 0 aromatic heterocycles. The maximum Gasteiger partial charge on any atom is 0.0983 e. The normalized spacial score (nSPS) is 12.4. The molecule has 0 aliphatic heterocycles. The maximum absolute atomic E-state index is 5.47. The molecule has 14 heavy (non-hydrogen) atoms. The molecule has 0 radical (unpaired) electrons. The lowest BCUT2D eigenvalue weighted by atomic mass is 10.2. The second kappa shape index (κ2) is 6.35. The number of benzene rings is 1. The Balaban J connectivity index is 2.25. The van der Waals surface area contributed by atoms with E-state index in [2.05, 4.69) is 6.58 Å². The Labute approximate surface area is 85.2 Å². The lowest BCUT2D eigenvalue weighted by Gasteiger charge is -2.10. The Morgan fingerprint density at radius 2 is 2.07 bits per heavy atom. The summed E-state index contributed by atoms with van der Waals surface area (Å²) in [5.74, 6) is 0. The van der Waals surface area contributed by atoms with Gasteiger partial charge >= 0.3 is 0 Å². The zero-order valence-corrected chi connectivity index (χ0v) is 8.48. The number of hydrogen-bond acceptors (Lipinski definition) is 2. The van der Waals surface area contributed by atoms with Crippen LogP contribution in [0.3, 0.4) is 0 Å². The van der Waals surface area contributed by atoms with Gasteiger partial charge in [0.2, 0.25) is 0 Å². The third-order valence-electron chi connectivity index (χ3n) is 1.96. The first-order valence-corrected chi connectivity index (χ1v) is 4.64. The number of methoxy groups -OCH3 is 1. The minimum atomic E-state index is -0.0151. The minimum absolute atomic E-state index is 0.0151.